The smallest absolute Gasteiger partial charge is 0.246 e. The molecule has 1 fully saturated rings. The van der Waals surface area contributed by atoms with Gasteiger partial charge >= 0.3 is 0 Å². The average Bonchev–Trinajstić information content (AvgIpc) is 2.34. The highest BCUT2D eigenvalue weighted by Crippen LogP contribution is 2.36. The second-order valence-corrected chi connectivity index (χ2v) is 8.69. The Morgan fingerprint density at radius 3 is 2.59 bits per heavy atom. The second-order valence-electron chi connectivity index (χ2n) is 5.60. The highest BCUT2D eigenvalue weighted by Gasteiger charge is 2.35. The summed E-state index contributed by atoms with van der Waals surface area (Å²) in [5.74, 6) is -0.321. The van der Waals surface area contributed by atoms with Gasteiger partial charge in [-0.3, -0.25) is 0 Å². The topological polar surface area (TPSA) is 57.6 Å². The Morgan fingerprint density at radius 2 is 2.14 bits per heavy atom. The lowest BCUT2D eigenvalue weighted by Crippen LogP contribution is -2.44. The molecule has 1 atom stereocenters. The SMILES string of the molecule is C[C@@H](CO)N(CC1CCC1)S(=O)(=O)c1c(Cl)cc(F)cc1Br. The van der Waals surface area contributed by atoms with Gasteiger partial charge < -0.3 is 5.11 Å². The maximum atomic E-state index is 13.3. The molecule has 0 aromatic heterocycles. The van der Waals surface area contributed by atoms with Crippen molar-refractivity contribution in [2.75, 3.05) is 13.2 Å². The number of aliphatic hydroxyl groups is 1. The summed E-state index contributed by atoms with van der Waals surface area (Å²) >= 11 is 9.03. The van der Waals surface area contributed by atoms with Crippen LogP contribution in [-0.4, -0.2) is 37.0 Å². The maximum absolute atomic E-state index is 13.3. The van der Waals surface area contributed by atoms with Gasteiger partial charge in [0.2, 0.25) is 10.0 Å². The fourth-order valence-corrected chi connectivity index (χ4v) is 5.88. The Kier molecular flexibility index (Phi) is 5.88. The van der Waals surface area contributed by atoms with Gasteiger partial charge in [0.1, 0.15) is 10.7 Å². The lowest BCUT2D eigenvalue weighted by molar-refractivity contribution is 0.162. The number of hydrogen-bond donors (Lipinski definition) is 1. The molecule has 1 saturated carbocycles. The minimum absolute atomic E-state index is 0.0845. The molecule has 0 unspecified atom stereocenters. The molecule has 1 aliphatic rings. The molecule has 8 heteroatoms. The summed E-state index contributed by atoms with van der Waals surface area (Å²) in [5.41, 5.74) is 0. The van der Waals surface area contributed by atoms with Crippen LogP contribution in [-0.2, 0) is 10.0 Å². The van der Waals surface area contributed by atoms with E-state index >= 15 is 0 Å². The Morgan fingerprint density at radius 1 is 1.50 bits per heavy atom. The molecule has 0 spiro atoms. The minimum Gasteiger partial charge on any atom is -0.395 e. The van der Waals surface area contributed by atoms with Gasteiger partial charge in [-0.05, 0) is 53.7 Å². The largest absolute Gasteiger partial charge is 0.395 e. The predicted octanol–water partition coefficient (Wildman–Crippen LogP) is 3.41. The Bertz CT molecular complexity index is 628. The first-order chi connectivity index (χ1) is 10.3. The third kappa shape index (κ3) is 3.64. The lowest BCUT2D eigenvalue weighted by Gasteiger charge is -2.34. The van der Waals surface area contributed by atoms with Gasteiger partial charge in [0.15, 0.2) is 0 Å². The van der Waals surface area contributed by atoms with Crippen LogP contribution in [0.3, 0.4) is 0 Å². The second kappa shape index (κ2) is 7.13. The van der Waals surface area contributed by atoms with Crippen LogP contribution in [0.25, 0.3) is 0 Å². The van der Waals surface area contributed by atoms with E-state index in [1.165, 1.54) is 4.31 Å². The number of sulfonamides is 1. The number of aliphatic hydroxyl groups excluding tert-OH is 1. The fraction of sp³-hybridized carbons (Fsp3) is 0.571. The highest BCUT2D eigenvalue weighted by molar-refractivity contribution is 9.10. The first-order valence-electron chi connectivity index (χ1n) is 7.04. The van der Waals surface area contributed by atoms with Crippen molar-refractivity contribution >= 4 is 37.6 Å². The van der Waals surface area contributed by atoms with E-state index in [-0.39, 0.29) is 21.0 Å². The van der Waals surface area contributed by atoms with Crippen molar-refractivity contribution in [3.8, 4) is 0 Å². The van der Waals surface area contributed by atoms with E-state index in [1.54, 1.807) is 6.92 Å². The van der Waals surface area contributed by atoms with E-state index < -0.39 is 21.9 Å². The zero-order valence-corrected chi connectivity index (χ0v) is 15.3. The van der Waals surface area contributed by atoms with Crippen LogP contribution in [0.2, 0.25) is 5.02 Å². The summed E-state index contributed by atoms with van der Waals surface area (Å²) in [7, 11) is -3.93. The predicted molar refractivity (Wildman–Crippen MR) is 86.9 cm³/mol. The maximum Gasteiger partial charge on any atom is 0.246 e. The molecule has 1 aromatic carbocycles. The van der Waals surface area contributed by atoms with E-state index in [4.69, 9.17) is 11.6 Å². The fourth-order valence-electron chi connectivity index (χ4n) is 2.43. The van der Waals surface area contributed by atoms with E-state index in [2.05, 4.69) is 15.9 Å². The van der Waals surface area contributed by atoms with Crippen molar-refractivity contribution in [2.24, 2.45) is 5.92 Å². The van der Waals surface area contributed by atoms with Gasteiger partial charge in [-0.1, -0.05) is 18.0 Å². The molecule has 124 valence electrons. The van der Waals surface area contributed by atoms with Crippen molar-refractivity contribution in [3.63, 3.8) is 0 Å². The number of halogens is 3. The molecule has 22 heavy (non-hydrogen) atoms. The van der Waals surface area contributed by atoms with Crippen LogP contribution in [0.5, 0.6) is 0 Å². The first kappa shape index (κ1) is 18.1. The van der Waals surface area contributed by atoms with E-state index in [9.17, 15) is 17.9 Å². The molecule has 0 heterocycles. The number of benzene rings is 1. The van der Waals surface area contributed by atoms with Crippen LogP contribution in [0, 0.1) is 11.7 Å². The molecular formula is C14H18BrClFNO3S. The van der Waals surface area contributed by atoms with Crippen LogP contribution in [0.4, 0.5) is 4.39 Å². The van der Waals surface area contributed by atoms with Crippen molar-refractivity contribution in [3.05, 3.63) is 27.4 Å². The number of nitrogens with zero attached hydrogens (tertiary/aromatic N) is 1. The molecule has 0 saturated heterocycles. The monoisotopic (exact) mass is 413 g/mol. The van der Waals surface area contributed by atoms with Crippen molar-refractivity contribution in [2.45, 2.75) is 37.1 Å². The van der Waals surface area contributed by atoms with E-state index in [0.717, 1.165) is 31.4 Å². The molecular weight excluding hydrogens is 397 g/mol. The van der Waals surface area contributed by atoms with Crippen molar-refractivity contribution < 1.29 is 17.9 Å². The normalized spacial score (nSPS) is 17.5. The molecule has 4 nitrogen and oxygen atoms in total. The average molecular weight is 415 g/mol. The van der Waals surface area contributed by atoms with Crippen molar-refractivity contribution in [1.29, 1.82) is 0 Å². The van der Waals surface area contributed by atoms with Gasteiger partial charge in [0.05, 0.1) is 11.6 Å². The van der Waals surface area contributed by atoms with Crippen LogP contribution >= 0.6 is 27.5 Å². The minimum atomic E-state index is -3.93. The van der Waals surface area contributed by atoms with Crippen LogP contribution in [0.15, 0.2) is 21.5 Å². The van der Waals surface area contributed by atoms with Crippen LogP contribution in [0.1, 0.15) is 26.2 Å². The molecule has 0 bridgehead atoms. The summed E-state index contributed by atoms with van der Waals surface area (Å²) in [6, 6.07) is 1.48. The van der Waals surface area contributed by atoms with Gasteiger partial charge in [0, 0.05) is 17.1 Å². The van der Waals surface area contributed by atoms with Gasteiger partial charge in [0.25, 0.3) is 0 Å². The highest BCUT2D eigenvalue weighted by atomic mass is 79.9. The van der Waals surface area contributed by atoms with Gasteiger partial charge in [-0.2, -0.15) is 4.31 Å². The molecule has 1 aromatic rings. The molecule has 2 rings (SSSR count). The Labute approximate surface area is 143 Å². The molecule has 0 amide bonds. The standard InChI is InChI=1S/C14H18BrClFNO3S/c1-9(8-19)18(7-10-3-2-4-10)22(20,21)14-12(15)5-11(17)6-13(14)16/h5-6,9-10,19H,2-4,7-8H2,1H3/t9-/m0/s1. The lowest BCUT2D eigenvalue weighted by atomic mass is 9.85. The van der Waals surface area contributed by atoms with Gasteiger partial charge in [-0.15, -0.1) is 0 Å². The third-order valence-electron chi connectivity index (χ3n) is 3.95. The Balaban J connectivity index is 2.44. The summed E-state index contributed by atoms with van der Waals surface area (Å²) in [6.07, 6.45) is 3.04. The van der Waals surface area contributed by atoms with Crippen LogP contribution < -0.4 is 0 Å². The third-order valence-corrected chi connectivity index (χ3v) is 7.33. The molecule has 1 N–H and O–H groups in total. The number of rotatable bonds is 6. The quantitative estimate of drug-likeness (QED) is 0.776. The molecule has 0 radical (unpaired) electrons. The van der Waals surface area contributed by atoms with E-state index in [0.29, 0.717) is 12.5 Å². The first-order valence-corrected chi connectivity index (χ1v) is 9.65. The zero-order valence-electron chi connectivity index (χ0n) is 12.1. The summed E-state index contributed by atoms with van der Waals surface area (Å²) in [5, 5.41) is 9.22. The molecule has 0 aliphatic heterocycles. The van der Waals surface area contributed by atoms with Gasteiger partial charge in [-0.25, -0.2) is 12.8 Å². The summed E-state index contributed by atoms with van der Waals surface area (Å²) in [4.78, 5) is -0.157. The molecule has 1 aliphatic carbocycles. The summed E-state index contributed by atoms with van der Waals surface area (Å²) in [6.45, 7) is 1.69. The number of hydrogen-bond acceptors (Lipinski definition) is 3. The zero-order chi connectivity index (χ0) is 16.5. The van der Waals surface area contributed by atoms with E-state index in [1.807, 2.05) is 0 Å². The van der Waals surface area contributed by atoms with Crippen molar-refractivity contribution in [1.82, 2.24) is 4.31 Å². The Hall–Kier alpha value is -0.210. The summed E-state index contributed by atoms with van der Waals surface area (Å²) < 4.78 is 40.6.